The summed E-state index contributed by atoms with van der Waals surface area (Å²) in [4.78, 5) is 19.2. The van der Waals surface area contributed by atoms with Crippen molar-refractivity contribution >= 4 is 0 Å². The Morgan fingerprint density at radius 3 is 1.05 bits per heavy atom. The maximum atomic E-state index is 4.99. The summed E-state index contributed by atoms with van der Waals surface area (Å²) in [6, 6.07) is 43.0. The van der Waals surface area contributed by atoms with Gasteiger partial charge in [0.05, 0.1) is 34.2 Å². The third-order valence-corrected chi connectivity index (χ3v) is 8.86. The summed E-state index contributed by atoms with van der Waals surface area (Å²) >= 11 is 0. The van der Waals surface area contributed by atoms with Gasteiger partial charge in [0, 0.05) is 36.4 Å². The van der Waals surface area contributed by atoms with Crippen LogP contribution in [0.4, 0.5) is 0 Å². The van der Waals surface area contributed by atoms with E-state index in [1.54, 1.807) is 0 Å². The molecular weight excluding hydrogens is 536 g/mol. The number of rotatable bonds is 4. The molecule has 7 aromatic rings. The first-order valence-corrected chi connectivity index (χ1v) is 15.0. The first-order chi connectivity index (χ1) is 21.8. The molecule has 9 rings (SSSR count). The number of aromatic nitrogens is 4. The van der Waals surface area contributed by atoms with Crippen molar-refractivity contribution in [1.29, 1.82) is 0 Å². The molecule has 4 heterocycles. The first-order valence-electron chi connectivity index (χ1n) is 15.0. The van der Waals surface area contributed by atoms with Crippen molar-refractivity contribution in [1.82, 2.24) is 19.9 Å². The Labute approximate surface area is 255 Å². The third kappa shape index (κ3) is 4.15. The van der Waals surface area contributed by atoms with Crippen LogP contribution in [0.15, 0.2) is 134 Å². The lowest BCUT2D eigenvalue weighted by Gasteiger charge is -2.09. The zero-order valence-corrected chi connectivity index (χ0v) is 23.9. The van der Waals surface area contributed by atoms with E-state index < -0.39 is 0 Å². The predicted octanol–water partition coefficient (Wildman–Crippen LogP) is 9.08. The molecule has 3 aromatic carbocycles. The fourth-order valence-corrected chi connectivity index (χ4v) is 6.51. The van der Waals surface area contributed by atoms with Crippen LogP contribution in [0.1, 0.15) is 22.3 Å². The Bertz CT molecular complexity index is 2040. The molecule has 4 heteroatoms. The van der Waals surface area contributed by atoms with Crippen molar-refractivity contribution in [2.24, 2.45) is 0 Å². The normalized spacial score (nSPS) is 12.4. The van der Waals surface area contributed by atoms with E-state index in [2.05, 4.69) is 119 Å². The molecule has 0 atom stereocenters. The molecule has 0 fully saturated rings. The van der Waals surface area contributed by atoms with Crippen molar-refractivity contribution in [3.05, 3.63) is 156 Å². The number of fused-ring (bicyclic) bond motifs is 6. The van der Waals surface area contributed by atoms with Gasteiger partial charge in [-0.3, -0.25) is 9.97 Å². The second-order valence-electron chi connectivity index (χ2n) is 11.5. The van der Waals surface area contributed by atoms with Crippen LogP contribution in [0.2, 0.25) is 0 Å². The van der Waals surface area contributed by atoms with Crippen LogP contribution in [-0.4, -0.2) is 19.9 Å². The quantitative estimate of drug-likeness (QED) is 0.215. The number of pyridine rings is 4. The van der Waals surface area contributed by atoms with Gasteiger partial charge in [0.15, 0.2) is 0 Å². The number of hydrogen-bond acceptors (Lipinski definition) is 4. The molecule has 206 valence electrons. The molecule has 4 aromatic heterocycles. The van der Waals surface area contributed by atoms with Gasteiger partial charge in [0.2, 0.25) is 0 Å². The molecule has 0 radical (unpaired) electrons. The second-order valence-corrected chi connectivity index (χ2v) is 11.5. The third-order valence-electron chi connectivity index (χ3n) is 8.86. The molecule has 0 saturated carbocycles. The van der Waals surface area contributed by atoms with Crippen LogP contribution >= 0.6 is 0 Å². The van der Waals surface area contributed by atoms with Gasteiger partial charge >= 0.3 is 0 Å². The molecule has 0 saturated heterocycles. The molecule has 2 aliphatic rings. The van der Waals surface area contributed by atoms with Gasteiger partial charge in [-0.25, -0.2) is 9.97 Å². The average Bonchev–Trinajstić information content (AvgIpc) is 3.66. The summed E-state index contributed by atoms with van der Waals surface area (Å²) in [6.45, 7) is 0. The van der Waals surface area contributed by atoms with E-state index in [0.717, 1.165) is 58.1 Å². The van der Waals surface area contributed by atoms with Crippen molar-refractivity contribution in [2.45, 2.75) is 12.8 Å². The van der Waals surface area contributed by atoms with Crippen LogP contribution in [0, 0.1) is 0 Å². The molecule has 0 aliphatic heterocycles. The van der Waals surface area contributed by atoms with Crippen LogP contribution < -0.4 is 0 Å². The van der Waals surface area contributed by atoms with Crippen LogP contribution in [0.25, 0.3) is 67.5 Å². The van der Waals surface area contributed by atoms with Gasteiger partial charge in [0.25, 0.3) is 0 Å². The highest BCUT2D eigenvalue weighted by atomic mass is 14.8. The largest absolute Gasteiger partial charge is 0.254 e. The Balaban J connectivity index is 0.932. The Kier molecular flexibility index (Phi) is 5.60. The smallest absolute Gasteiger partial charge is 0.0931 e. The highest BCUT2D eigenvalue weighted by Gasteiger charge is 2.22. The van der Waals surface area contributed by atoms with Crippen molar-refractivity contribution in [3.63, 3.8) is 0 Å². The van der Waals surface area contributed by atoms with Gasteiger partial charge in [-0.05, 0) is 68.8 Å². The molecule has 2 aliphatic carbocycles. The van der Waals surface area contributed by atoms with Crippen LogP contribution in [0.3, 0.4) is 0 Å². The van der Waals surface area contributed by atoms with Crippen molar-refractivity contribution in [2.75, 3.05) is 0 Å². The fraction of sp³-hybridized carbons (Fsp3) is 0.0500. The zero-order chi connectivity index (χ0) is 29.0. The molecule has 4 nitrogen and oxygen atoms in total. The molecule has 0 bridgehead atoms. The summed E-state index contributed by atoms with van der Waals surface area (Å²) < 4.78 is 0. The molecule has 0 amide bonds. The first kappa shape index (κ1) is 24.8. The van der Waals surface area contributed by atoms with E-state index in [-0.39, 0.29) is 0 Å². The average molecular weight is 563 g/mol. The summed E-state index contributed by atoms with van der Waals surface area (Å²) in [5.41, 5.74) is 18.0. The summed E-state index contributed by atoms with van der Waals surface area (Å²) in [7, 11) is 0. The Hall–Kier alpha value is -5.74. The minimum absolute atomic E-state index is 0.907. The summed E-state index contributed by atoms with van der Waals surface area (Å²) in [6.07, 6.45) is 5.51. The lowest BCUT2D eigenvalue weighted by atomic mass is 9.98. The highest BCUT2D eigenvalue weighted by Crippen LogP contribution is 2.37. The van der Waals surface area contributed by atoms with Crippen LogP contribution in [0.5, 0.6) is 0 Å². The van der Waals surface area contributed by atoms with E-state index in [4.69, 9.17) is 9.97 Å². The highest BCUT2D eigenvalue weighted by molar-refractivity contribution is 5.77. The lowest BCUT2D eigenvalue weighted by Crippen LogP contribution is -1.90. The fourth-order valence-electron chi connectivity index (χ4n) is 6.51. The van der Waals surface area contributed by atoms with Gasteiger partial charge < -0.3 is 0 Å². The maximum absolute atomic E-state index is 4.99. The van der Waals surface area contributed by atoms with Gasteiger partial charge in [-0.1, -0.05) is 97.1 Å². The maximum Gasteiger partial charge on any atom is 0.0931 e. The second kappa shape index (κ2) is 9.92. The molecule has 44 heavy (non-hydrogen) atoms. The standard InChI is InChI=1S/C40H26N4/c1-3-31-23-33-17-19-35(43-39(33)37(31)41-21-1)29-13-9-27(10-14-29)25-5-7-26(8-6-25)28-11-15-30(16-12-28)36-20-18-34-24-32-4-2-22-42-38(32)40(34)44-36/h1-22H,23-24H2. The number of hydrogen-bond donors (Lipinski definition) is 0. The van der Waals surface area contributed by atoms with E-state index in [1.165, 1.54) is 44.5 Å². The minimum atomic E-state index is 0.907. The van der Waals surface area contributed by atoms with E-state index >= 15 is 0 Å². The lowest BCUT2D eigenvalue weighted by molar-refractivity contribution is 1.22. The van der Waals surface area contributed by atoms with E-state index in [0.29, 0.717) is 0 Å². The molecular formula is C40H26N4. The van der Waals surface area contributed by atoms with Gasteiger partial charge in [-0.15, -0.1) is 0 Å². The SMILES string of the molecule is c1cnc2c(c1)Cc1ccc(-c3ccc(-c4ccc(-c5ccc(-c6ccc7c(n6)-c6ncccc6C7)cc5)cc4)cc3)nc1-2. The Morgan fingerprint density at radius 2 is 0.659 bits per heavy atom. The summed E-state index contributed by atoms with van der Waals surface area (Å²) in [5.74, 6) is 0. The Morgan fingerprint density at radius 1 is 0.318 bits per heavy atom. The van der Waals surface area contributed by atoms with E-state index in [9.17, 15) is 0 Å². The number of nitrogens with zero attached hydrogens (tertiary/aromatic N) is 4. The zero-order valence-electron chi connectivity index (χ0n) is 23.9. The monoisotopic (exact) mass is 562 g/mol. The van der Waals surface area contributed by atoms with Crippen LogP contribution in [-0.2, 0) is 12.8 Å². The molecule has 0 unspecified atom stereocenters. The van der Waals surface area contributed by atoms with E-state index in [1.807, 2.05) is 24.5 Å². The molecule has 0 spiro atoms. The van der Waals surface area contributed by atoms with Gasteiger partial charge in [-0.2, -0.15) is 0 Å². The van der Waals surface area contributed by atoms with Crippen molar-refractivity contribution < 1.29 is 0 Å². The predicted molar refractivity (Wildman–Crippen MR) is 176 cm³/mol. The molecule has 0 N–H and O–H groups in total. The minimum Gasteiger partial charge on any atom is -0.254 e. The van der Waals surface area contributed by atoms with Crippen molar-refractivity contribution in [3.8, 4) is 67.5 Å². The number of benzene rings is 3. The topological polar surface area (TPSA) is 51.6 Å². The summed E-state index contributed by atoms with van der Waals surface area (Å²) in [5, 5.41) is 0. The van der Waals surface area contributed by atoms with Gasteiger partial charge in [0.1, 0.15) is 0 Å².